The van der Waals surface area contributed by atoms with Crippen LogP contribution in [0.1, 0.15) is 67.6 Å². The molecule has 0 spiro atoms. The number of carbonyl (C=O) groups is 2. The number of aromatic nitrogens is 7. The summed E-state index contributed by atoms with van der Waals surface area (Å²) in [5.41, 5.74) is 3.39. The number of carbonyl (C=O) groups excluding carboxylic acids is 2. The van der Waals surface area contributed by atoms with E-state index in [0.717, 1.165) is 11.1 Å². The monoisotopic (exact) mass is 656 g/mol. The topological polar surface area (TPSA) is 120 Å². The molecule has 5 rings (SSSR count). The highest BCUT2D eigenvalue weighted by Gasteiger charge is 2.37. The molecule has 0 radical (unpaired) electrons. The smallest absolute Gasteiger partial charge is 0.346 e. The second-order valence-corrected chi connectivity index (χ2v) is 11.2. The largest absolute Gasteiger partial charge is 0.455 e. The average Bonchev–Trinajstić information content (AvgIpc) is 3.62. The highest BCUT2D eigenvalue weighted by Crippen LogP contribution is 2.27. The third-order valence-electron chi connectivity index (χ3n) is 6.90. The van der Waals surface area contributed by atoms with Gasteiger partial charge in [-0.2, -0.15) is 23.1 Å². The fourth-order valence-corrected chi connectivity index (χ4v) is 5.20. The van der Waals surface area contributed by atoms with Gasteiger partial charge in [0.15, 0.2) is 11.6 Å². The standard InChI is InChI=1S/C30H25Cl2F3N8O2/c1-16-6-4-7-19(10-16)18(3)37-28(45)23-12-20(31)11-17(2)22(23)14-26(44)25-13-21(15-42-40-29(38-41-42)30(33,34)35)39-43(25)27-24(32)8-5-9-36-27/h4-13,18H,14-15H2,1-3H3,(H,37,45). The first-order valence-corrected chi connectivity index (χ1v) is 14.3. The van der Waals surface area contributed by atoms with Gasteiger partial charge >= 0.3 is 6.18 Å². The van der Waals surface area contributed by atoms with E-state index >= 15 is 0 Å². The van der Waals surface area contributed by atoms with E-state index in [-0.39, 0.29) is 46.8 Å². The van der Waals surface area contributed by atoms with Crippen LogP contribution in [-0.4, -0.2) is 46.7 Å². The van der Waals surface area contributed by atoms with Crippen LogP contribution in [0.5, 0.6) is 0 Å². The molecule has 0 aliphatic rings. The van der Waals surface area contributed by atoms with Gasteiger partial charge in [-0.05, 0) is 73.0 Å². The van der Waals surface area contributed by atoms with Gasteiger partial charge in [0.25, 0.3) is 11.7 Å². The number of benzene rings is 2. The van der Waals surface area contributed by atoms with E-state index in [1.165, 1.54) is 23.0 Å². The van der Waals surface area contributed by atoms with Gasteiger partial charge in [0.1, 0.15) is 12.2 Å². The molecule has 1 atom stereocenters. The van der Waals surface area contributed by atoms with Gasteiger partial charge in [-0.3, -0.25) is 9.59 Å². The van der Waals surface area contributed by atoms with Crippen molar-refractivity contribution in [2.24, 2.45) is 0 Å². The number of ketones is 1. The van der Waals surface area contributed by atoms with E-state index in [2.05, 4.69) is 30.8 Å². The third-order valence-corrected chi connectivity index (χ3v) is 7.42. The SMILES string of the molecule is Cc1cccc(C(C)NC(=O)c2cc(Cl)cc(C)c2CC(=O)c2cc(Cn3nnc(C(F)(F)F)n3)nn2-c2ncccc2Cl)c1. The van der Waals surface area contributed by atoms with Gasteiger partial charge in [-0.15, -0.1) is 10.2 Å². The van der Waals surface area contributed by atoms with Crippen molar-refractivity contribution in [2.75, 3.05) is 0 Å². The summed E-state index contributed by atoms with van der Waals surface area (Å²) < 4.78 is 40.2. The van der Waals surface area contributed by atoms with Crippen LogP contribution >= 0.6 is 23.2 Å². The highest BCUT2D eigenvalue weighted by atomic mass is 35.5. The Labute approximate surface area is 265 Å². The van der Waals surface area contributed by atoms with Crippen molar-refractivity contribution in [3.8, 4) is 5.82 Å². The summed E-state index contributed by atoms with van der Waals surface area (Å²) in [6.45, 7) is 5.22. The van der Waals surface area contributed by atoms with Crippen LogP contribution in [0.3, 0.4) is 0 Å². The Balaban J connectivity index is 1.48. The number of amides is 1. The first kappa shape index (κ1) is 31.8. The molecule has 45 heavy (non-hydrogen) atoms. The predicted molar refractivity (Wildman–Crippen MR) is 160 cm³/mol. The molecule has 0 aliphatic carbocycles. The van der Waals surface area contributed by atoms with Gasteiger partial charge in [-0.25, -0.2) is 9.67 Å². The number of pyridine rings is 1. The number of Topliss-reactive ketones (excluding diaryl/α,β-unsaturated/α-hetero) is 1. The molecule has 0 bridgehead atoms. The molecule has 3 aromatic heterocycles. The number of nitrogens with zero attached hydrogens (tertiary/aromatic N) is 7. The minimum Gasteiger partial charge on any atom is -0.346 e. The highest BCUT2D eigenvalue weighted by molar-refractivity contribution is 6.32. The van der Waals surface area contributed by atoms with Crippen molar-refractivity contribution in [3.05, 3.63) is 116 Å². The molecule has 5 aromatic rings. The number of aryl methyl sites for hydroxylation is 2. The van der Waals surface area contributed by atoms with Crippen LogP contribution in [0, 0.1) is 13.8 Å². The lowest BCUT2D eigenvalue weighted by Gasteiger charge is -2.18. The van der Waals surface area contributed by atoms with E-state index in [1.807, 2.05) is 38.1 Å². The normalized spacial score (nSPS) is 12.3. The number of rotatable bonds is 9. The summed E-state index contributed by atoms with van der Waals surface area (Å²) in [6, 6.07) is 15.1. The second kappa shape index (κ2) is 12.8. The fourth-order valence-electron chi connectivity index (χ4n) is 4.73. The lowest BCUT2D eigenvalue weighted by molar-refractivity contribution is -0.145. The first-order valence-electron chi connectivity index (χ1n) is 13.5. The van der Waals surface area contributed by atoms with Crippen LogP contribution in [-0.2, 0) is 19.1 Å². The van der Waals surface area contributed by atoms with Crippen LogP contribution in [0.4, 0.5) is 13.2 Å². The van der Waals surface area contributed by atoms with Crippen LogP contribution in [0.25, 0.3) is 5.82 Å². The zero-order valence-corrected chi connectivity index (χ0v) is 25.6. The molecule has 232 valence electrons. The molecule has 1 N–H and O–H groups in total. The molecular formula is C30H25Cl2F3N8O2. The molecule has 0 aliphatic heterocycles. The summed E-state index contributed by atoms with van der Waals surface area (Å²) in [5.74, 6) is -2.18. The Morgan fingerprint density at radius 3 is 2.49 bits per heavy atom. The Morgan fingerprint density at radius 1 is 1.02 bits per heavy atom. The van der Waals surface area contributed by atoms with E-state index in [9.17, 15) is 22.8 Å². The Hall–Kier alpha value is -4.62. The molecule has 1 amide bonds. The summed E-state index contributed by atoms with van der Waals surface area (Å²) >= 11 is 12.7. The lowest BCUT2D eigenvalue weighted by Crippen LogP contribution is -2.28. The minimum atomic E-state index is -4.78. The minimum absolute atomic E-state index is 0.0237. The van der Waals surface area contributed by atoms with Crippen molar-refractivity contribution in [3.63, 3.8) is 0 Å². The molecule has 3 heterocycles. The number of nitrogens with one attached hydrogen (secondary N) is 1. The van der Waals surface area contributed by atoms with E-state index in [1.54, 1.807) is 25.1 Å². The molecule has 0 saturated carbocycles. The fraction of sp³-hybridized carbons (Fsp3) is 0.233. The van der Waals surface area contributed by atoms with Crippen LogP contribution in [0.2, 0.25) is 10.0 Å². The maximum atomic E-state index is 13.9. The first-order chi connectivity index (χ1) is 21.3. The van der Waals surface area contributed by atoms with Gasteiger partial charge in [0.05, 0.1) is 16.8 Å². The summed E-state index contributed by atoms with van der Waals surface area (Å²) in [7, 11) is 0. The maximum absolute atomic E-state index is 13.9. The number of alkyl halides is 3. The van der Waals surface area contributed by atoms with Crippen molar-refractivity contribution in [2.45, 2.75) is 46.0 Å². The Morgan fingerprint density at radius 2 is 1.80 bits per heavy atom. The second-order valence-electron chi connectivity index (χ2n) is 10.3. The van der Waals surface area contributed by atoms with Crippen molar-refractivity contribution >= 4 is 34.9 Å². The molecule has 1 unspecified atom stereocenters. The number of hydrogen-bond acceptors (Lipinski definition) is 7. The van der Waals surface area contributed by atoms with E-state index in [0.29, 0.717) is 20.9 Å². The van der Waals surface area contributed by atoms with Crippen LogP contribution in [0.15, 0.2) is 60.8 Å². The molecule has 0 saturated heterocycles. The van der Waals surface area contributed by atoms with Crippen molar-refractivity contribution < 1.29 is 22.8 Å². The molecule has 10 nitrogen and oxygen atoms in total. The number of tetrazole rings is 1. The zero-order chi connectivity index (χ0) is 32.5. The summed E-state index contributed by atoms with van der Waals surface area (Å²) in [4.78, 5) is 32.4. The van der Waals surface area contributed by atoms with E-state index < -0.39 is 23.7 Å². The Bertz CT molecular complexity index is 1900. The average molecular weight is 657 g/mol. The van der Waals surface area contributed by atoms with Crippen molar-refractivity contribution in [1.82, 2.24) is 40.3 Å². The summed E-state index contributed by atoms with van der Waals surface area (Å²) in [5, 5.41) is 17.7. The predicted octanol–water partition coefficient (Wildman–Crippen LogP) is 6.16. The summed E-state index contributed by atoms with van der Waals surface area (Å²) in [6.07, 6.45) is -3.56. The van der Waals surface area contributed by atoms with Gasteiger partial charge in [-0.1, -0.05) is 53.0 Å². The maximum Gasteiger partial charge on any atom is 0.455 e. The molecular weight excluding hydrogens is 632 g/mol. The third kappa shape index (κ3) is 7.21. The van der Waals surface area contributed by atoms with Crippen LogP contribution < -0.4 is 5.32 Å². The number of halogens is 5. The van der Waals surface area contributed by atoms with Gasteiger partial charge in [0, 0.05) is 23.2 Å². The quantitative estimate of drug-likeness (QED) is 0.189. The lowest BCUT2D eigenvalue weighted by atomic mass is 9.95. The van der Waals surface area contributed by atoms with E-state index in [4.69, 9.17) is 23.2 Å². The molecule has 0 fully saturated rings. The molecule has 15 heteroatoms. The Kier molecular flexibility index (Phi) is 9.03. The van der Waals surface area contributed by atoms with Gasteiger partial charge in [0.2, 0.25) is 0 Å². The van der Waals surface area contributed by atoms with Crippen molar-refractivity contribution in [1.29, 1.82) is 0 Å². The number of hydrogen-bond donors (Lipinski definition) is 1. The molecule has 2 aromatic carbocycles. The van der Waals surface area contributed by atoms with Gasteiger partial charge < -0.3 is 5.32 Å². The zero-order valence-electron chi connectivity index (χ0n) is 24.1.